The highest BCUT2D eigenvalue weighted by molar-refractivity contribution is 6.30. The summed E-state index contributed by atoms with van der Waals surface area (Å²) in [5, 5.41) is 9.18. The molecule has 0 aliphatic carbocycles. The van der Waals surface area contributed by atoms with E-state index in [1.165, 1.54) is 0 Å². The zero-order chi connectivity index (χ0) is 25.1. The molecule has 0 radical (unpaired) electrons. The van der Waals surface area contributed by atoms with Crippen LogP contribution < -0.4 is 10.2 Å². The number of amides is 2. The molecule has 2 amide bonds. The number of nitrogens with zero attached hydrogens (tertiary/aromatic N) is 6. The van der Waals surface area contributed by atoms with E-state index < -0.39 is 0 Å². The number of nitrogens with one attached hydrogen (secondary N) is 1. The van der Waals surface area contributed by atoms with Gasteiger partial charge in [0.25, 0.3) is 0 Å². The van der Waals surface area contributed by atoms with Crippen molar-refractivity contribution in [3.63, 3.8) is 0 Å². The van der Waals surface area contributed by atoms with E-state index in [2.05, 4.69) is 29.2 Å². The number of carbonyl (C=O) groups is 1. The van der Waals surface area contributed by atoms with Gasteiger partial charge in [0, 0.05) is 42.8 Å². The maximum atomic E-state index is 12.8. The van der Waals surface area contributed by atoms with Crippen molar-refractivity contribution in [1.29, 1.82) is 0 Å². The zero-order valence-electron chi connectivity index (χ0n) is 20.6. The van der Waals surface area contributed by atoms with Gasteiger partial charge in [-0.2, -0.15) is 5.10 Å². The number of urea groups is 1. The topological polar surface area (TPSA) is 79.2 Å². The van der Waals surface area contributed by atoms with Gasteiger partial charge in [0.15, 0.2) is 5.65 Å². The van der Waals surface area contributed by atoms with Crippen molar-refractivity contribution in [3.8, 4) is 5.69 Å². The average molecular weight is 504 g/mol. The van der Waals surface area contributed by atoms with E-state index in [0.717, 1.165) is 46.9 Å². The number of fused-ring (bicyclic) bond motifs is 1. The first kappa shape index (κ1) is 24.1. The summed E-state index contributed by atoms with van der Waals surface area (Å²) in [4.78, 5) is 26.9. The van der Waals surface area contributed by atoms with Crippen LogP contribution in [0.25, 0.3) is 16.7 Å². The lowest BCUT2D eigenvalue weighted by Gasteiger charge is -2.35. The summed E-state index contributed by atoms with van der Waals surface area (Å²) in [6.45, 7) is 6.90. The van der Waals surface area contributed by atoms with Gasteiger partial charge in [-0.25, -0.2) is 19.4 Å². The number of anilines is 2. The summed E-state index contributed by atoms with van der Waals surface area (Å²) in [5.74, 6) is 1.96. The maximum absolute atomic E-state index is 12.8. The lowest BCUT2D eigenvalue weighted by atomic mass is 10.1. The molecule has 1 aliphatic rings. The molecule has 0 bridgehead atoms. The second kappa shape index (κ2) is 10.5. The highest BCUT2D eigenvalue weighted by Crippen LogP contribution is 2.29. The van der Waals surface area contributed by atoms with E-state index in [1.54, 1.807) is 24.3 Å². The number of aromatic nitrogens is 4. The monoisotopic (exact) mass is 503 g/mol. The lowest BCUT2D eigenvalue weighted by Crippen LogP contribution is -2.50. The van der Waals surface area contributed by atoms with Crippen molar-refractivity contribution in [1.82, 2.24) is 24.6 Å². The quantitative estimate of drug-likeness (QED) is 0.363. The van der Waals surface area contributed by atoms with Crippen LogP contribution in [0.5, 0.6) is 0 Å². The van der Waals surface area contributed by atoms with E-state index in [-0.39, 0.29) is 11.9 Å². The van der Waals surface area contributed by atoms with Crippen molar-refractivity contribution >= 4 is 40.2 Å². The van der Waals surface area contributed by atoms with Gasteiger partial charge in [-0.05, 0) is 42.8 Å². The second-order valence-corrected chi connectivity index (χ2v) is 9.57. The fourth-order valence-electron chi connectivity index (χ4n) is 4.55. The minimum atomic E-state index is -0.112. The Balaban J connectivity index is 1.39. The Morgan fingerprint density at radius 1 is 1.03 bits per heavy atom. The van der Waals surface area contributed by atoms with Gasteiger partial charge in [0.2, 0.25) is 0 Å². The Labute approximate surface area is 215 Å². The predicted molar refractivity (Wildman–Crippen MR) is 144 cm³/mol. The Morgan fingerprint density at radius 2 is 1.75 bits per heavy atom. The third-order valence-electron chi connectivity index (χ3n) is 6.55. The van der Waals surface area contributed by atoms with Crippen LogP contribution >= 0.6 is 11.6 Å². The molecule has 1 fully saturated rings. The van der Waals surface area contributed by atoms with Crippen LogP contribution in [0.2, 0.25) is 5.02 Å². The van der Waals surface area contributed by atoms with Crippen molar-refractivity contribution in [2.24, 2.45) is 0 Å². The van der Waals surface area contributed by atoms with Gasteiger partial charge >= 0.3 is 6.03 Å². The minimum Gasteiger partial charge on any atom is -0.352 e. The number of carbonyl (C=O) groups excluding carboxylic acids is 1. The molecule has 8 nitrogen and oxygen atoms in total. The molecule has 0 spiro atoms. The minimum absolute atomic E-state index is 0.112. The third-order valence-corrected chi connectivity index (χ3v) is 6.80. The SMILES string of the molecule is CCC[C@@H](C)c1nc(N2CCN(C(=O)Nc3ccc(Cl)cc3)CC2)c2cnn(-c3ccccc3)c2n1. The molecule has 0 saturated carbocycles. The number of para-hydroxylation sites is 1. The van der Waals surface area contributed by atoms with E-state index in [9.17, 15) is 4.79 Å². The van der Waals surface area contributed by atoms with Gasteiger partial charge in [0.1, 0.15) is 11.6 Å². The maximum Gasteiger partial charge on any atom is 0.321 e. The molecule has 5 rings (SSSR count). The number of piperazine rings is 1. The highest BCUT2D eigenvalue weighted by Gasteiger charge is 2.26. The Kier molecular flexibility index (Phi) is 7.04. The molecule has 36 heavy (non-hydrogen) atoms. The molecule has 1 atom stereocenters. The van der Waals surface area contributed by atoms with Crippen LogP contribution in [0.1, 0.15) is 38.4 Å². The number of rotatable bonds is 6. The fourth-order valence-corrected chi connectivity index (χ4v) is 4.67. The van der Waals surface area contributed by atoms with Crippen LogP contribution in [-0.4, -0.2) is 56.9 Å². The average Bonchev–Trinajstić information content (AvgIpc) is 3.34. The van der Waals surface area contributed by atoms with E-state index in [0.29, 0.717) is 31.2 Å². The van der Waals surface area contributed by atoms with Crippen molar-refractivity contribution < 1.29 is 4.79 Å². The summed E-state index contributed by atoms with van der Waals surface area (Å²) < 4.78 is 1.89. The molecule has 3 heterocycles. The summed E-state index contributed by atoms with van der Waals surface area (Å²) in [5.41, 5.74) is 2.51. The number of halogens is 1. The smallest absolute Gasteiger partial charge is 0.321 e. The fraction of sp³-hybridized carbons (Fsp3) is 0.333. The van der Waals surface area contributed by atoms with E-state index in [1.807, 2.05) is 46.1 Å². The molecule has 2 aromatic heterocycles. The molecular formula is C27H30ClN7O. The lowest BCUT2D eigenvalue weighted by molar-refractivity contribution is 0.208. The molecule has 186 valence electrons. The van der Waals surface area contributed by atoms with Crippen molar-refractivity contribution in [2.75, 3.05) is 36.4 Å². The molecule has 9 heteroatoms. The van der Waals surface area contributed by atoms with Gasteiger partial charge in [-0.1, -0.05) is 50.1 Å². The Morgan fingerprint density at radius 3 is 2.44 bits per heavy atom. The molecule has 1 saturated heterocycles. The molecular weight excluding hydrogens is 474 g/mol. The molecule has 1 N–H and O–H groups in total. The normalized spacial score (nSPS) is 14.8. The van der Waals surface area contributed by atoms with Gasteiger partial charge < -0.3 is 15.1 Å². The summed E-state index contributed by atoms with van der Waals surface area (Å²) in [6.07, 6.45) is 3.94. The standard InChI is InChI=1S/C27H30ClN7O/c1-3-7-19(2)24-31-25(23-18-29-35(26(23)32-24)22-8-5-4-6-9-22)33-14-16-34(17-15-33)27(36)30-21-12-10-20(28)11-13-21/h4-6,8-13,18-19H,3,7,14-17H2,1-2H3,(H,30,36)/t19-/m1/s1. The van der Waals surface area contributed by atoms with E-state index >= 15 is 0 Å². The second-order valence-electron chi connectivity index (χ2n) is 9.14. The Hall–Kier alpha value is -3.65. The summed E-state index contributed by atoms with van der Waals surface area (Å²) in [7, 11) is 0. The molecule has 0 unspecified atom stereocenters. The van der Waals surface area contributed by atoms with Crippen LogP contribution in [0.4, 0.5) is 16.3 Å². The van der Waals surface area contributed by atoms with Crippen LogP contribution in [0, 0.1) is 0 Å². The largest absolute Gasteiger partial charge is 0.352 e. The van der Waals surface area contributed by atoms with E-state index in [4.69, 9.17) is 21.6 Å². The molecule has 4 aromatic rings. The Bertz CT molecular complexity index is 1330. The first-order chi connectivity index (χ1) is 17.5. The number of hydrogen-bond acceptors (Lipinski definition) is 5. The van der Waals surface area contributed by atoms with Crippen LogP contribution in [-0.2, 0) is 0 Å². The van der Waals surface area contributed by atoms with Gasteiger partial charge in [-0.3, -0.25) is 0 Å². The predicted octanol–water partition coefficient (Wildman–Crippen LogP) is 5.73. The summed E-state index contributed by atoms with van der Waals surface area (Å²) >= 11 is 5.95. The molecule has 1 aliphatic heterocycles. The number of benzene rings is 2. The van der Waals surface area contributed by atoms with Gasteiger partial charge in [0.05, 0.1) is 17.3 Å². The molecule has 2 aromatic carbocycles. The summed E-state index contributed by atoms with van der Waals surface area (Å²) in [6, 6.07) is 17.1. The third kappa shape index (κ3) is 4.99. The zero-order valence-corrected chi connectivity index (χ0v) is 21.3. The first-order valence-electron chi connectivity index (χ1n) is 12.4. The number of hydrogen-bond donors (Lipinski definition) is 1. The van der Waals surface area contributed by atoms with Crippen LogP contribution in [0.3, 0.4) is 0 Å². The highest BCUT2D eigenvalue weighted by atomic mass is 35.5. The van der Waals surface area contributed by atoms with Gasteiger partial charge in [-0.15, -0.1) is 0 Å². The van der Waals surface area contributed by atoms with Crippen molar-refractivity contribution in [3.05, 3.63) is 71.6 Å². The van der Waals surface area contributed by atoms with Crippen molar-refractivity contribution in [2.45, 2.75) is 32.6 Å². The first-order valence-corrected chi connectivity index (χ1v) is 12.8. The van der Waals surface area contributed by atoms with Crippen LogP contribution in [0.15, 0.2) is 60.8 Å².